The van der Waals surface area contributed by atoms with Gasteiger partial charge in [0.2, 0.25) is 0 Å². The number of carbonyl (C=O) groups is 3. The highest BCUT2D eigenvalue weighted by atomic mass is 32.2. The Bertz CT molecular complexity index is 988. The number of thiocarbonyl (C=S) groups is 1. The number of rotatable bonds is 6. The van der Waals surface area contributed by atoms with Gasteiger partial charge >= 0.3 is 5.97 Å². The summed E-state index contributed by atoms with van der Waals surface area (Å²) in [4.78, 5) is 38.0. The molecule has 1 atom stereocenters. The number of aliphatic carboxylic acids is 1. The van der Waals surface area contributed by atoms with Crippen molar-refractivity contribution in [3.8, 4) is 0 Å². The molecule has 1 aliphatic rings. The molecule has 0 radical (unpaired) electrons. The fourth-order valence-corrected chi connectivity index (χ4v) is 3.90. The lowest BCUT2D eigenvalue weighted by molar-refractivity contribution is -0.139. The first-order chi connectivity index (χ1) is 13.8. The van der Waals surface area contributed by atoms with Gasteiger partial charge in [0.1, 0.15) is 10.4 Å². The third kappa shape index (κ3) is 5.10. The fourth-order valence-electron chi connectivity index (χ4n) is 2.72. The number of carboxylic acid groups (broad SMARTS) is 1. The Hall–Kier alpha value is -2.97. The molecule has 6 nitrogen and oxygen atoms in total. The van der Waals surface area contributed by atoms with Gasteiger partial charge in [0, 0.05) is 19.0 Å². The number of nitrogens with zero attached hydrogens (tertiary/aromatic N) is 1. The Balaban J connectivity index is 1.69. The predicted octanol–water partition coefficient (Wildman–Crippen LogP) is 2.94. The Morgan fingerprint density at radius 2 is 1.83 bits per heavy atom. The summed E-state index contributed by atoms with van der Waals surface area (Å²) in [6.07, 6.45) is 1.90. The van der Waals surface area contributed by atoms with Gasteiger partial charge in [0.25, 0.3) is 11.8 Å². The van der Waals surface area contributed by atoms with E-state index in [0.29, 0.717) is 14.8 Å². The largest absolute Gasteiger partial charge is 0.480 e. The molecule has 3 rings (SSSR count). The SMILES string of the molecule is CN1C(=O)/C(=C/c2ccc(C(=O)NC(Cc3ccccc3)C(=O)O)cc2)SC1=S. The minimum absolute atomic E-state index is 0.160. The van der Waals surface area contributed by atoms with Crippen LogP contribution in [0, 0.1) is 0 Å². The minimum Gasteiger partial charge on any atom is -0.480 e. The lowest BCUT2D eigenvalue weighted by Gasteiger charge is -2.15. The monoisotopic (exact) mass is 426 g/mol. The van der Waals surface area contributed by atoms with Crippen molar-refractivity contribution in [1.82, 2.24) is 10.2 Å². The van der Waals surface area contributed by atoms with Crippen molar-refractivity contribution in [2.45, 2.75) is 12.5 Å². The van der Waals surface area contributed by atoms with Crippen molar-refractivity contribution in [3.63, 3.8) is 0 Å². The van der Waals surface area contributed by atoms with E-state index in [0.717, 1.165) is 11.1 Å². The molecule has 0 aliphatic carbocycles. The van der Waals surface area contributed by atoms with Crippen LogP contribution in [0.3, 0.4) is 0 Å². The zero-order valence-corrected chi connectivity index (χ0v) is 17.1. The standard InChI is InChI=1S/C21H18N2O4S2/c1-23-19(25)17(29-21(23)28)12-14-7-9-15(10-8-14)18(24)22-16(20(26)27)11-13-5-3-2-4-6-13/h2-10,12,16H,11H2,1H3,(H,22,24)(H,26,27)/b17-12-. The molecule has 1 aliphatic heterocycles. The van der Waals surface area contributed by atoms with Crippen LogP contribution in [0.2, 0.25) is 0 Å². The van der Waals surface area contributed by atoms with Gasteiger partial charge in [-0.15, -0.1) is 0 Å². The van der Waals surface area contributed by atoms with E-state index in [-0.39, 0.29) is 12.3 Å². The highest BCUT2D eigenvalue weighted by Crippen LogP contribution is 2.31. The second-order valence-corrected chi connectivity index (χ2v) is 8.09. The smallest absolute Gasteiger partial charge is 0.326 e. The second kappa shape index (κ2) is 9.02. The summed E-state index contributed by atoms with van der Waals surface area (Å²) < 4.78 is 0.496. The van der Waals surface area contributed by atoms with Gasteiger partial charge in [0.15, 0.2) is 0 Å². The molecule has 1 saturated heterocycles. The van der Waals surface area contributed by atoms with Crippen LogP contribution in [0.1, 0.15) is 21.5 Å². The van der Waals surface area contributed by atoms with Gasteiger partial charge in [0.05, 0.1) is 4.91 Å². The third-order valence-electron chi connectivity index (χ3n) is 4.34. The van der Waals surface area contributed by atoms with Crippen LogP contribution in [-0.4, -0.2) is 45.2 Å². The molecule has 2 N–H and O–H groups in total. The van der Waals surface area contributed by atoms with E-state index >= 15 is 0 Å². The molecule has 1 heterocycles. The number of hydrogen-bond acceptors (Lipinski definition) is 5. The van der Waals surface area contributed by atoms with E-state index in [1.165, 1.54) is 16.7 Å². The quantitative estimate of drug-likeness (QED) is 0.546. The Labute approximate surface area is 177 Å². The summed E-state index contributed by atoms with van der Waals surface area (Å²) >= 11 is 6.33. The normalized spacial score (nSPS) is 16.2. The van der Waals surface area contributed by atoms with Gasteiger partial charge in [-0.1, -0.05) is 66.4 Å². The second-order valence-electron chi connectivity index (χ2n) is 6.42. The van der Waals surface area contributed by atoms with Crippen LogP contribution in [-0.2, 0) is 16.0 Å². The van der Waals surface area contributed by atoms with E-state index < -0.39 is 17.9 Å². The molecule has 0 saturated carbocycles. The summed E-state index contributed by atoms with van der Waals surface area (Å²) in [5.41, 5.74) is 1.91. The van der Waals surface area contributed by atoms with E-state index in [1.807, 2.05) is 30.3 Å². The number of carboxylic acids is 1. The minimum atomic E-state index is -1.10. The average Bonchev–Trinajstić information content (AvgIpc) is 2.95. The topological polar surface area (TPSA) is 86.7 Å². The fraction of sp³-hybridized carbons (Fsp3) is 0.143. The van der Waals surface area contributed by atoms with Crippen molar-refractivity contribution in [2.24, 2.45) is 0 Å². The van der Waals surface area contributed by atoms with E-state index in [4.69, 9.17) is 12.2 Å². The van der Waals surface area contributed by atoms with Gasteiger partial charge in [-0.05, 0) is 29.3 Å². The molecular formula is C21H18N2O4S2. The van der Waals surface area contributed by atoms with E-state index in [9.17, 15) is 19.5 Å². The molecule has 29 heavy (non-hydrogen) atoms. The van der Waals surface area contributed by atoms with Crippen molar-refractivity contribution in [3.05, 3.63) is 76.2 Å². The number of benzene rings is 2. The lowest BCUT2D eigenvalue weighted by atomic mass is 10.1. The third-order valence-corrected chi connectivity index (χ3v) is 5.83. The molecule has 0 spiro atoms. The Morgan fingerprint density at radius 3 is 2.38 bits per heavy atom. The summed E-state index contributed by atoms with van der Waals surface area (Å²) in [6, 6.07) is 14.7. The molecule has 0 bridgehead atoms. The van der Waals surface area contributed by atoms with E-state index in [2.05, 4.69) is 5.32 Å². The van der Waals surface area contributed by atoms with Gasteiger partial charge in [-0.25, -0.2) is 4.79 Å². The average molecular weight is 427 g/mol. The van der Waals surface area contributed by atoms with Gasteiger partial charge in [-0.3, -0.25) is 14.5 Å². The number of carbonyl (C=O) groups excluding carboxylic acids is 2. The number of nitrogens with one attached hydrogen (secondary N) is 1. The Morgan fingerprint density at radius 1 is 1.17 bits per heavy atom. The molecule has 1 fully saturated rings. The van der Waals surface area contributed by atoms with Crippen LogP contribution < -0.4 is 5.32 Å². The first-order valence-electron chi connectivity index (χ1n) is 8.74. The van der Waals surface area contributed by atoms with Crippen molar-refractivity contribution >= 4 is 52.2 Å². The zero-order chi connectivity index (χ0) is 21.0. The first-order valence-corrected chi connectivity index (χ1v) is 9.97. The highest BCUT2D eigenvalue weighted by Gasteiger charge is 2.28. The van der Waals surface area contributed by atoms with Crippen LogP contribution in [0.4, 0.5) is 0 Å². The van der Waals surface area contributed by atoms with Crippen LogP contribution in [0.15, 0.2) is 59.5 Å². The maximum absolute atomic E-state index is 12.5. The molecule has 8 heteroatoms. The van der Waals surface area contributed by atoms with Crippen LogP contribution >= 0.6 is 24.0 Å². The summed E-state index contributed by atoms with van der Waals surface area (Å²) in [6.45, 7) is 0. The number of hydrogen-bond donors (Lipinski definition) is 2. The van der Waals surface area contributed by atoms with Crippen LogP contribution in [0.5, 0.6) is 0 Å². The van der Waals surface area contributed by atoms with Gasteiger partial charge in [-0.2, -0.15) is 0 Å². The van der Waals surface area contributed by atoms with Crippen molar-refractivity contribution in [2.75, 3.05) is 7.05 Å². The molecule has 2 aromatic carbocycles. The molecular weight excluding hydrogens is 408 g/mol. The van der Waals surface area contributed by atoms with Gasteiger partial charge < -0.3 is 10.4 Å². The molecule has 1 unspecified atom stereocenters. The maximum atomic E-state index is 12.5. The number of thioether (sulfide) groups is 1. The molecule has 2 amide bonds. The van der Waals surface area contributed by atoms with Crippen LogP contribution in [0.25, 0.3) is 6.08 Å². The summed E-state index contributed by atoms with van der Waals surface area (Å²) in [5.74, 6) is -1.73. The van der Waals surface area contributed by atoms with E-state index in [1.54, 1.807) is 37.4 Å². The molecule has 148 valence electrons. The lowest BCUT2D eigenvalue weighted by Crippen LogP contribution is -2.42. The maximum Gasteiger partial charge on any atom is 0.326 e. The molecule has 0 aromatic heterocycles. The first kappa shape index (κ1) is 20.8. The van der Waals surface area contributed by atoms with Crippen molar-refractivity contribution in [1.29, 1.82) is 0 Å². The number of likely N-dealkylation sites (N-methyl/N-ethyl adjacent to an activating group) is 1. The Kier molecular flexibility index (Phi) is 6.46. The highest BCUT2D eigenvalue weighted by molar-refractivity contribution is 8.26. The molecule has 2 aromatic rings. The van der Waals surface area contributed by atoms with Crippen molar-refractivity contribution < 1.29 is 19.5 Å². The summed E-state index contributed by atoms with van der Waals surface area (Å²) in [7, 11) is 1.63. The predicted molar refractivity (Wildman–Crippen MR) is 116 cm³/mol. The summed E-state index contributed by atoms with van der Waals surface area (Å²) in [5, 5.41) is 12.0. The number of amides is 2. The zero-order valence-electron chi connectivity index (χ0n) is 15.5.